The monoisotopic (exact) mass is 261 g/mol. The zero-order valence-corrected chi connectivity index (χ0v) is 8.89. The van der Waals surface area contributed by atoms with Crippen molar-refractivity contribution in [2.45, 2.75) is 0 Å². The second-order valence-electron chi connectivity index (χ2n) is 0.238. The molecule has 0 aromatic carbocycles. The van der Waals surface area contributed by atoms with Gasteiger partial charge in [-0.1, -0.05) is 0 Å². The van der Waals surface area contributed by atoms with Gasteiger partial charge in [0.2, 0.25) is 0 Å². The van der Waals surface area contributed by atoms with E-state index in [1.807, 2.05) is 0 Å². The van der Waals surface area contributed by atoms with E-state index in [2.05, 4.69) is 0 Å². The first-order valence-corrected chi connectivity index (χ1v) is 0.565. The zero-order chi connectivity index (χ0) is 3.58. The summed E-state index contributed by atoms with van der Waals surface area (Å²) in [4.78, 5) is 8.36. The first-order valence-electron chi connectivity index (χ1n) is 0.565. The normalized spacial score (nSPS) is 2.18. The van der Waals surface area contributed by atoms with Crippen LogP contribution in [-0.4, -0.2) is 88.6 Å². The van der Waals surface area contributed by atoms with E-state index in [1.54, 1.807) is 0 Å². The Balaban J connectivity index is -0.00000000125. The van der Waals surface area contributed by atoms with E-state index >= 15 is 0 Å². The topological polar surface area (TPSA) is 252 Å². The van der Waals surface area contributed by atoms with Crippen LogP contribution in [-0.2, 0) is 0 Å². The molecule has 0 unspecified atom stereocenters. The van der Waals surface area contributed by atoms with Crippen LogP contribution in [0, 0.1) is 10.1 Å². The molecule has 0 saturated carbocycles. The van der Waals surface area contributed by atoms with Crippen LogP contribution < -0.4 is 0 Å². The van der Waals surface area contributed by atoms with Crippen LogP contribution in [0.25, 0.3) is 0 Å². The molecule has 0 rings (SSSR count). The summed E-state index contributed by atoms with van der Waals surface area (Å²) in [5, 5.41) is 13.6. The molecule has 0 heterocycles. The Morgan fingerprint density at radius 3 is 1.00 bits per heavy atom. The Bertz CT molecular complexity index is 40.6. The maximum atomic E-state index is 8.36. The van der Waals surface area contributed by atoms with Crippen LogP contribution in [0.4, 0.5) is 0 Å². The summed E-state index contributed by atoms with van der Waals surface area (Å²) in [5.41, 5.74) is 0. The predicted octanol–water partition coefficient (Wildman–Crippen LogP) is -5.45. The molecule has 0 aromatic heterocycles. The summed E-state index contributed by atoms with van der Waals surface area (Å²) in [6.07, 6.45) is 0. The van der Waals surface area contributed by atoms with Gasteiger partial charge in [-0.25, -0.2) is 0 Å². The largest absolute Gasteiger partial charge is 2.00 e. The molecule has 0 fully saturated rings. The molecule has 0 amide bonds. The molecule has 0 saturated heterocycles. The summed E-state index contributed by atoms with van der Waals surface area (Å²) in [6, 6.07) is 0. The quantitative estimate of drug-likeness (QED) is 0.254. The van der Waals surface area contributed by atoms with Crippen LogP contribution in [0.3, 0.4) is 0 Å². The third-order valence-electron chi connectivity index (χ3n) is 0. The molecule has 13 N–H and O–H groups in total. The fourth-order valence-corrected chi connectivity index (χ4v) is 0. The molecule has 0 aliphatic rings. The van der Waals surface area contributed by atoms with Gasteiger partial charge in [-0.15, -0.1) is 10.1 Å². The van der Waals surface area contributed by atoms with E-state index in [1.165, 1.54) is 0 Å². The Kier molecular flexibility index (Phi) is 753. The Morgan fingerprint density at radius 1 is 1.00 bits per heavy atom. The van der Waals surface area contributed by atoms with Crippen molar-refractivity contribution < 1.29 is 46.0 Å². The van der Waals surface area contributed by atoms with Gasteiger partial charge in [-0.05, 0) is 0 Å². The smallest absolute Gasteiger partial charge is 1.00 e. The molecule has 0 bridgehead atoms. The minimum absolute atomic E-state index is 0. The molecule has 0 spiro atoms. The standard InChI is InChI=1S/HNO3.6H2O.Sr.2H/c2-1(3)4;;;;;;;;;/h(H,2,3,4);6*1H2;;;/q;;;;;;;+2;2*-1. The molecule has 0 aliphatic heterocycles. The number of rotatable bonds is 0. The van der Waals surface area contributed by atoms with Gasteiger partial charge in [0.05, 0.1) is 0 Å². The van der Waals surface area contributed by atoms with E-state index in [-0.39, 0.29) is 81.2 Å². The summed E-state index contributed by atoms with van der Waals surface area (Å²) >= 11 is 0. The predicted molar refractivity (Wildman–Crippen MR) is 38.4 cm³/mol. The molecule has 11 heavy (non-hydrogen) atoms. The number of hydrogen-bond acceptors (Lipinski definition) is 2. The van der Waals surface area contributed by atoms with E-state index < -0.39 is 5.09 Å². The van der Waals surface area contributed by atoms with Crippen LogP contribution in [0.1, 0.15) is 2.85 Å². The van der Waals surface area contributed by atoms with Gasteiger partial charge in [-0.3, -0.25) is 0 Å². The molecule has 76 valence electrons. The van der Waals surface area contributed by atoms with Crippen molar-refractivity contribution in [2.24, 2.45) is 0 Å². The average Bonchev–Trinajstić information content (AvgIpc) is 0.811. The van der Waals surface area contributed by atoms with Crippen LogP contribution in [0.15, 0.2) is 0 Å². The second kappa shape index (κ2) is 78.6. The molecule has 0 aromatic rings. The fourth-order valence-electron chi connectivity index (χ4n) is 0. The number of nitrogens with zero attached hydrogens (tertiary/aromatic N) is 1. The van der Waals surface area contributed by atoms with Crippen LogP contribution in [0.2, 0.25) is 0 Å². The summed E-state index contributed by atoms with van der Waals surface area (Å²) in [6.45, 7) is 0. The molecular formula is H15NO9Sr. The van der Waals surface area contributed by atoms with Crippen molar-refractivity contribution in [3.8, 4) is 0 Å². The van der Waals surface area contributed by atoms with Crippen molar-refractivity contribution in [1.29, 1.82) is 0 Å². The van der Waals surface area contributed by atoms with E-state index in [4.69, 9.17) is 15.3 Å². The van der Waals surface area contributed by atoms with Gasteiger partial charge in [-0.2, -0.15) is 0 Å². The fraction of sp³-hybridized carbons (Fsp3) is 0. The minimum atomic E-state index is -1.50. The molecule has 10 nitrogen and oxygen atoms in total. The summed E-state index contributed by atoms with van der Waals surface area (Å²) in [5.74, 6) is 0. The van der Waals surface area contributed by atoms with Crippen LogP contribution in [0.5, 0.6) is 0 Å². The molecule has 0 radical (unpaired) electrons. The number of hydrogen-bond donors (Lipinski definition) is 1. The molecule has 0 aliphatic carbocycles. The second-order valence-corrected chi connectivity index (χ2v) is 0.238. The van der Waals surface area contributed by atoms with Crippen molar-refractivity contribution in [1.82, 2.24) is 0 Å². The van der Waals surface area contributed by atoms with Crippen molar-refractivity contribution in [3.05, 3.63) is 10.1 Å². The zero-order valence-electron chi connectivity index (χ0n) is 7.42. The molecule has 11 heteroatoms. The Labute approximate surface area is 101 Å². The minimum Gasteiger partial charge on any atom is -1.00 e. The van der Waals surface area contributed by atoms with Gasteiger partial charge >= 0.3 is 45.5 Å². The maximum absolute atomic E-state index is 8.36. The Morgan fingerprint density at radius 2 is 1.00 bits per heavy atom. The third kappa shape index (κ3) is 3830. The molecule has 0 atom stereocenters. The Hall–Kier alpha value is 0.441. The van der Waals surface area contributed by atoms with Crippen molar-refractivity contribution in [2.75, 3.05) is 0 Å². The van der Waals surface area contributed by atoms with Gasteiger partial charge < -0.3 is 40.9 Å². The van der Waals surface area contributed by atoms with Gasteiger partial charge in [0, 0.05) is 0 Å². The van der Waals surface area contributed by atoms with E-state index in [0.717, 1.165) is 0 Å². The first kappa shape index (κ1) is 105. The van der Waals surface area contributed by atoms with Crippen LogP contribution >= 0.6 is 0 Å². The van der Waals surface area contributed by atoms with E-state index in [0.29, 0.717) is 0 Å². The average molecular weight is 261 g/mol. The SMILES string of the molecule is O.O.O.O.O.O.O=[N+]([O-])O.[H-].[H-].[Sr+2]. The third-order valence-corrected chi connectivity index (χ3v) is 0. The first-order chi connectivity index (χ1) is 1.73. The summed E-state index contributed by atoms with van der Waals surface area (Å²) < 4.78 is 0. The van der Waals surface area contributed by atoms with Crippen molar-refractivity contribution >= 4 is 45.5 Å². The van der Waals surface area contributed by atoms with Gasteiger partial charge in [0.1, 0.15) is 0 Å². The maximum Gasteiger partial charge on any atom is 2.00 e. The summed E-state index contributed by atoms with van der Waals surface area (Å²) in [7, 11) is 0. The van der Waals surface area contributed by atoms with Gasteiger partial charge in [0.25, 0.3) is 5.09 Å². The van der Waals surface area contributed by atoms with Crippen molar-refractivity contribution in [3.63, 3.8) is 0 Å². The molecular weight excluding hydrogens is 246 g/mol. The van der Waals surface area contributed by atoms with E-state index in [9.17, 15) is 0 Å². The van der Waals surface area contributed by atoms with Gasteiger partial charge in [0.15, 0.2) is 0 Å².